The minimum atomic E-state index is -0.110. The number of aryl methyl sites for hydroxylation is 1. The van der Waals surface area contributed by atoms with E-state index in [2.05, 4.69) is 60.0 Å². The van der Waals surface area contributed by atoms with Gasteiger partial charge in [0.25, 0.3) is 0 Å². The molecule has 0 unspecified atom stereocenters. The fourth-order valence-corrected chi connectivity index (χ4v) is 2.78. The predicted molar refractivity (Wildman–Crippen MR) is 97.0 cm³/mol. The summed E-state index contributed by atoms with van der Waals surface area (Å²) in [7, 11) is 0. The van der Waals surface area contributed by atoms with Gasteiger partial charge >= 0.3 is 0 Å². The van der Waals surface area contributed by atoms with Gasteiger partial charge in [0.15, 0.2) is 0 Å². The van der Waals surface area contributed by atoms with Crippen LogP contribution in [-0.2, 0) is 18.3 Å². The molecule has 0 amide bonds. The molecule has 0 N–H and O–H groups in total. The van der Waals surface area contributed by atoms with E-state index in [0.717, 1.165) is 24.2 Å². The summed E-state index contributed by atoms with van der Waals surface area (Å²) in [6.07, 6.45) is 9.41. The lowest BCUT2D eigenvalue weighted by Gasteiger charge is -2.25. The molecule has 3 aromatic heterocycles. The van der Waals surface area contributed by atoms with Gasteiger partial charge in [-0.2, -0.15) is 0 Å². The first-order valence-electron chi connectivity index (χ1n) is 8.39. The highest BCUT2D eigenvalue weighted by atomic mass is 14.7. The molecule has 24 heavy (non-hydrogen) atoms. The molecule has 0 fully saturated rings. The van der Waals surface area contributed by atoms with Crippen molar-refractivity contribution < 1.29 is 0 Å². The molecule has 0 aromatic carbocycles. The van der Waals surface area contributed by atoms with Crippen LogP contribution in [0.25, 0.3) is 0 Å². The first-order chi connectivity index (χ1) is 11.6. The average molecular weight is 317 g/mol. The summed E-state index contributed by atoms with van der Waals surface area (Å²) in [5, 5.41) is 0. The van der Waals surface area contributed by atoms with Crippen LogP contribution in [0, 0.1) is 0 Å². The molecule has 3 nitrogen and oxygen atoms in total. The maximum Gasteiger partial charge on any atom is 0.0447 e. The van der Waals surface area contributed by atoms with Gasteiger partial charge in [-0.25, -0.2) is 0 Å². The van der Waals surface area contributed by atoms with E-state index in [1.54, 1.807) is 0 Å². The second-order valence-electron chi connectivity index (χ2n) is 6.59. The highest BCUT2D eigenvalue weighted by Gasteiger charge is 2.23. The Kier molecular flexibility index (Phi) is 4.70. The SMILES string of the molecule is CCc1ccc(C(C)(C)c2ccc(Cc3ccncc3)nc2)cn1. The van der Waals surface area contributed by atoms with Gasteiger partial charge in [0.2, 0.25) is 0 Å². The first-order valence-corrected chi connectivity index (χ1v) is 8.39. The topological polar surface area (TPSA) is 38.7 Å². The Balaban J connectivity index is 1.80. The Morgan fingerprint density at radius 3 is 1.88 bits per heavy atom. The van der Waals surface area contributed by atoms with Crippen LogP contribution in [0.15, 0.2) is 61.2 Å². The van der Waals surface area contributed by atoms with E-state index in [0.29, 0.717) is 0 Å². The second-order valence-corrected chi connectivity index (χ2v) is 6.59. The Hall–Kier alpha value is -2.55. The Bertz CT molecular complexity index is 776. The standard InChI is InChI=1S/C21H23N3/c1-4-19-7-5-17(14-23-19)21(2,3)18-6-8-20(24-15-18)13-16-9-11-22-12-10-16/h5-12,14-15H,4,13H2,1-3H3. The molecule has 0 saturated heterocycles. The van der Waals surface area contributed by atoms with E-state index in [-0.39, 0.29) is 5.41 Å². The van der Waals surface area contributed by atoms with Gasteiger partial charge in [-0.3, -0.25) is 15.0 Å². The molecule has 3 aromatic rings. The van der Waals surface area contributed by atoms with Crippen molar-refractivity contribution in [3.8, 4) is 0 Å². The van der Waals surface area contributed by atoms with Crippen LogP contribution >= 0.6 is 0 Å². The van der Waals surface area contributed by atoms with E-state index in [1.165, 1.54) is 16.7 Å². The van der Waals surface area contributed by atoms with Crippen LogP contribution in [0.3, 0.4) is 0 Å². The van der Waals surface area contributed by atoms with E-state index in [4.69, 9.17) is 0 Å². The number of rotatable bonds is 5. The van der Waals surface area contributed by atoms with Gasteiger partial charge in [-0.05, 0) is 47.4 Å². The van der Waals surface area contributed by atoms with Crippen molar-refractivity contribution in [3.63, 3.8) is 0 Å². The van der Waals surface area contributed by atoms with Crippen LogP contribution in [0.2, 0.25) is 0 Å². The molecule has 0 bridgehead atoms. The molecule has 3 heterocycles. The fraction of sp³-hybridized carbons (Fsp3) is 0.286. The molecule has 0 saturated carbocycles. The minimum absolute atomic E-state index is 0.110. The maximum absolute atomic E-state index is 4.66. The molecule has 0 aliphatic carbocycles. The Labute approximate surface area is 143 Å². The molecular weight excluding hydrogens is 294 g/mol. The zero-order chi connectivity index (χ0) is 17.0. The minimum Gasteiger partial charge on any atom is -0.265 e. The molecule has 0 atom stereocenters. The molecule has 0 radical (unpaired) electrons. The molecule has 0 aliphatic rings. The summed E-state index contributed by atoms with van der Waals surface area (Å²) in [6, 6.07) is 12.6. The second kappa shape index (κ2) is 6.91. The van der Waals surface area contributed by atoms with Gasteiger partial charge < -0.3 is 0 Å². The van der Waals surface area contributed by atoms with Crippen molar-refractivity contribution in [2.75, 3.05) is 0 Å². The molecule has 0 spiro atoms. The lowest BCUT2D eigenvalue weighted by molar-refractivity contribution is 0.632. The molecule has 122 valence electrons. The number of hydrogen-bond donors (Lipinski definition) is 0. The summed E-state index contributed by atoms with van der Waals surface area (Å²) in [4.78, 5) is 13.2. The summed E-state index contributed by atoms with van der Waals surface area (Å²) in [5.41, 5.74) is 5.72. The summed E-state index contributed by atoms with van der Waals surface area (Å²) in [5.74, 6) is 0. The lowest BCUT2D eigenvalue weighted by Crippen LogP contribution is -2.19. The summed E-state index contributed by atoms with van der Waals surface area (Å²) in [6.45, 7) is 6.56. The van der Waals surface area contributed by atoms with Crippen molar-refractivity contribution in [2.45, 2.75) is 39.0 Å². The quantitative estimate of drug-likeness (QED) is 0.702. The van der Waals surface area contributed by atoms with Crippen molar-refractivity contribution >= 4 is 0 Å². The van der Waals surface area contributed by atoms with Crippen molar-refractivity contribution in [3.05, 3.63) is 89.3 Å². The average Bonchev–Trinajstić information content (AvgIpc) is 2.63. The summed E-state index contributed by atoms with van der Waals surface area (Å²) < 4.78 is 0. The zero-order valence-corrected chi connectivity index (χ0v) is 14.5. The highest BCUT2D eigenvalue weighted by molar-refractivity contribution is 5.36. The van der Waals surface area contributed by atoms with E-state index in [1.807, 2.05) is 36.9 Å². The van der Waals surface area contributed by atoms with Gasteiger partial charge in [0.1, 0.15) is 0 Å². The van der Waals surface area contributed by atoms with Crippen molar-refractivity contribution in [1.82, 2.24) is 15.0 Å². The normalized spacial score (nSPS) is 11.5. The molecule has 0 aliphatic heterocycles. The van der Waals surface area contributed by atoms with Gasteiger partial charge in [-0.15, -0.1) is 0 Å². The van der Waals surface area contributed by atoms with Crippen molar-refractivity contribution in [1.29, 1.82) is 0 Å². The Morgan fingerprint density at radius 1 is 0.792 bits per heavy atom. The third-order valence-corrected chi connectivity index (χ3v) is 4.59. The predicted octanol–water partition coefficient (Wildman–Crippen LogP) is 4.35. The largest absolute Gasteiger partial charge is 0.265 e. The van der Waals surface area contributed by atoms with E-state index < -0.39 is 0 Å². The molecule has 3 heteroatoms. The molecular formula is C21H23N3. The third kappa shape index (κ3) is 3.51. The molecule has 3 rings (SSSR count). The summed E-state index contributed by atoms with van der Waals surface area (Å²) >= 11 is 0. The number of pyridine rings is 3. The number of nitrogens with zero attached hydrogens (tertiary/aromatic N) is 3. The Morgan fingerprint density at radius 2 is 1.38 bits per heavy atom. The smallest absolute Gasteiger partial charge is 0.0447 e. The van der Waals surface area contributed by atoms with E-state index >= 15 is 0 Å². The number of aromatic nitrogens is 3. The highest BCUT2D eigenvalue weighted by Crippen LogP contribution is 2.30. The lowest BCUT2D eigenvalue weighted by atomic mass is 9.79. The first kappa shape index (κ1) is 16.3. The van der Waals surface area contributed by atoms with Crippen LogP contribution in [0.1, 0.15) is 48.8 Å². The van der Waals surface area contributed by atoms with Gasteiger partial charge in [-0.1, -0.05) is 32.9 Å². The van der Waals surface area contributed by atoms with E-state index in [9.17, 15) is 0 Å². The van der Waals surface area contributed by atoms with Crippen LogP contribution in [-0.4, -0.2) is 15.0 Å². The fourth-order valence-electron chi connectivity index (χ4n) is 2.78. The van der Waals surface area contributed by atoms with Crippen LogP contribution in [0.5, 0.6) is 0 Å². The van der Waals surface area contributed by atoms with Crippen LogP contribution in [0.4, 0.5) is 0 Å². The van der Waals surface area contributed by atoms with Gasteiger partial charge in [0, 0.05) is 48.0 Å². The van der Waals surface area contributed by atoms with Crippen LogP contribution < -0.4 is 0 Å². The van der Waals surface area contributed by atoms with Gasteiger partial charge in [0.05, 0.1) is 0 Å². The number of hydrogen-bond acceptors (Lipinski definition) is 3. The zero-order valence-electron chi connectivity index (χ0n) is 14.5. The van der Waals surface area contributed by atoms with Crippen molar-refractivity contribution in [2.24, 2.45) is 0 Å². The maximum atomic E-state index is 4.66. The monoisotopic (exact) mass is 317 g/mol. The third-order valence-electron chi connectivity index (χ3n) is 4.59.